The Morgan fingerprint density at radius 3 is 2.72 bits per heavy atom. The lowest BCUT2D eigenvalue weighted by atomic mass is 10.1. The van der Waals surface area contributed by atoms with E-state index in [1.165, 1.54) is 0 Å². The first-order chi connectivity index (χ1) is 14.2. The summed E-state index contributed by atoms with van der Waals surface area (Å²) in [4.78, 5) is 7.27. The van der Waals surface area contributed by atoms with Crippen LogP contribution in [0, 0.1) is 13.8 Å². The fourth-order valence-electron chi connectivity index (χ4n) is 4.04. The molecule has 7 nitrogen and oxygen atoms in total. The van der Waals surface area contributed by atoms with Crippen LogP contribution in [-0.4, -0.2) is 52.3 Å². The average Bonchev–Trinajstić information content (AvgIpc) is 3.34. The first-order valence-corrected chi connectivity index (χ1v) is 10.1. The van der Waals surface area contributed by atoms with Crippen LogP contribution in [-0.2, 0) is 4.74 Å². The van der Waals surface area contributed by atoms with Crippen LogP contribution in [0.3, 0.4) is 0 Å². The third kappa shape index (κ3) is 3.47. The van der Waals surface area contributed by atoms with E-state index in [-0.39, 0.29) is 6.04 Å². The highest BCUT2D eigenvalue weighted by Gasteiger charge is 2.25. The Morgan fingerprint density at radius 2 is 1.93 bits per heavy atom. The molecule has 5 rings (SSSR count). The number of morpholine rings is 1. The van der Waals surface area contributed by atoms with Crippen LogP contribution in [0.1, 0.15) is 23.3 Å². The Kier molecular flexibility index (Phi) is 4.69. The molecular weight excluding hydrogens is 366 g/mol. The standard InChI is InChI=1S/C22H25N5O2/c1-15-13-21-24-22(17-5-3-4-6-18(17)27(21)25-15)23-14-19(20-8-7-16(2)29-20)26-9-11-28-12-10-26/h3-8,13,19H,9-12,14H2,1-2H3,(H,23,24). The molecule has 4 heterocycles. The summed E-state index contributed by atoms with van der Waals surface area (Å²) in [7, 11) is 0. The lowest BCUT2D eigenvalue weighted by Gasteiger charge is -2.33. The second-order valence-corrected chi connectivity index (χ2v) is 7.53. The van der Waals surface area contributed by atoms with E-state index in [1.807, 2.05) is 42.6 Å². The van der Waals surface area contributed by atoms with Gasteiger partial charge in [-0.25, -0.2) is 9.50 Å². The molecule has 0 bridgehead atoms. The van der Waals surface area contributed by atoms with E-state index in [0.29, 0.717) is 6.54 Å². The number of aromatic nitrogens is 3. The number of anilines is 1. The molecule has 1 atom stereocenters. The van der Waals surface area contributed by atoms with Crippen LogP contribution in [0.2, 0.25) is 0 Å². The summed E-state index contributed by atoms with van der Waals surface area (Å²) in [6.07, 6.45) is 0. The highest BCUT2D eigenvalue weighted by Crippen LogP contribution is 2.27. The first kappa shape index (κ1) is 18.1. The van der Waals surface area contributed by atoms with Crippen molar-refractivity contribution < 1.29 is 9.15 Å². The van der Waals surface area contributed by atoms with Crippen molar-refractivity contribution in [2.45, 2.75) is 19.9 Å². The van der Waals surface area contributed by atoms with Gasteiger partial charge in [-0.05, 0) is 38.1 Å². The van der Waals surface area contributed by atoms with Crippen molar-refractivity contribution in [1.82, 2.24) is 19.5 Å². The van der Waals surface area contributed by atoms with Crippen molar-refractivity contribution in [3.8, 4) is 0 Å². The monoisotopic (exact) mass is 391 g/mol. The van der Waals surface area contributed by atoms with Gasteiger partial charge in [0.2, 0.25) is 0 Å². The molecule has 0 radical (unpaired) electrons. The van der Waals surface area contributed by atoms with Crippen molar-refractivity contribution in [2.75, 3.05) is 38.2 Å². The van der Waals surface area contributed by atoms with Gasteiger partial charge in [0.1, 0.15) is 17.3 Å². The SMILES string of the molecule is Cc1cc2nc(NCC(c3ccc(C)o3)N3CCOCC3)c3ccccc3n2n1. The minimum atomic E-state index is 0.121. The quantitative estimate of drug-likeness (QED) is 0.561. The molecule has 1 N–H and O–H groups in total. The average molecular weight is 391 g/mol. The smallest absolute Gasteiger partial charge is 0.158 e. The van der Waals surface area contributed by atoms with Gasteiger partial charge in [-0.2, -0.15) is 5.10 Å². The topological polar surface area (TPSA) is 67.8 Å². The number of hydrogen-bond acceptors (Lipinski definition) is 6. The zero-order valence-corrected chi connectivity index (χ0v) is 16.8. The summed E-state index contributed by atoms with van der Waals surface area (Å²) < 4.78 is 13.4. The van der Waals surface area contributed by atoms with E-state index in [2.05, 4.69) is 33.5 Å². The number of nitrogens with zero attached hydrogens (tertiary/aromatic N) is 4. The minimum Gasteiger partial charge on any atom is -0.465 e. The number of para-hydroxylation sites is 1. The van der Waals surface area contributed by atoms with Crippen molar-refractivity contribution in [1.29, 1.82) is 0 Å². The fourth-order valence-corrected chi connectivity index (χ4v) is 4.04. The summed E-state index contributed by atoms with van der Waals surface area (Å²) in [5.41, 5.74) is 2.85. The number of benzene rings is 1. The Hall–Kier alpha value is -2.90. The lowest BCUT2D eigenvalue weighted by Crippen LogP contribution is -2.41. The van der Waals surface area contributed by atoms with E-state index < -0.39 is 0 Å². The van der Waals surface area contributed by atoms with Crippen LogP contribution < -0.4 is 5.32 Å². The molecular formula is C22H25N5O2. The largest absolute Gasteiger partial charge is 0.465 e. The van der Waals surface area contributed by atoms with E-state index in [1.54, 1.807) is 0 Å². The van der Waals surface area contributed by atoms with Crippen molar-refractivity contribution in [3.05, 3.63) is 59.7 Å². The molecule has 1 aliphatic heterocycles. The van der Waals surface area contributed by atoms with Crippen LogP contribution in [0.15, 0.2) is 46.9 Å². The number of furan rings is 1. The van der Waals surface area contributed by atoms with Crippen LogP contribution >= 0.6 is 0 Å². The zero-order valence-electron chi connectivity index (χ0n) is 16.8. The maximum atomic E-state index is 5.99. The Morgan fingerprint density at radius 1 is 1.10 bits per heavy atom. The molecule has 150 valence electrons. The summed E-state index contributed by atoms with van der Waals surface area (Å²) in [6.45, 7) is 7.95. The van der Waals surface area contributed by atoms with Gasteiger partial charge in [0.05, 0.1) is 30.5 Å². The number of ether oxygens (including phenoxy) is 1. The molecule has 0 aliphatic carbocycles. The molecule has 1 aliphatic rings. The molecule has 7 heteroatoms. The van der Waals surface area contributed by atoms with Crippen LogP contribution in [0.5, 0.6) is 0 Å². The van der Waals surface area contributed by atoms with Gasteiger partial charge in [0, 0.05) is 31.1 Å². The Labute approximate surface area is 169 Å². The number of rotatable bonds is 5. The van der Waals surface area contributed by atoms with E-state index in [4.69, 9.17) is 14.1 Å². The minimum absolute atomic E-state index is 0.121. The van der Waals surface area contributed by atoms with Crippen LogP contribution in [0.4, 0.5) is 5.82 Å². The second kappa shape index (κ2) is 7.50. The van der Waals surface area contributed by atoms with Gasteiger partial charge in [-0.15, -0.1) is 0 Å². The highest BCUT2D eigenvalue weighted by molar-refractivity contribution is 5.91. The molecule has 1 saturated heterocycles. The summed E-state index contributed by atoms with van der Waals surface area (Å²) in [5, 5.41) is 9.25. The van der Waals surface area contributed by atoms with Gasteiger partial charge >= 0.3 is 0 Å². The van der Waals surface area contributed by atoms with Gasteiger partial charge < -0.3 is 14.5 Å². The van der Waals surface area contributed by atoms with Crippen LogP contribution in [0.25, 0.3) is 16.6 Å². The Balaban J connectivity index is 1.49. The number of aryl methyl sites for hydroxylation is 2. The van der Waals surface area contributed by atoms with Crippen molar-refractivity contribution in [3.63, 3.8) is 0 Å². The van der Waals surface area contributed by atoms with Gasteiger partial charge in [-0.3, -0.25) is 4.90 Å². The molecule has 1 unspecified atom stereocenters. The fraction of sp³-hybridized carbons (Fsp3) is 0.364. The lowest BCUT2D eigenvalue weighted by molar-refractivity contribution is 0.0143. The molecule has 1 aromatic carbocycles. The summed E-state index contributed by atoms with van der Waals surface area (Å²) in [5.74, 6) is 2.77. The molecule has 0 amide bonds. The summed E-state index contributed by atoms with van der Waals surface area (Å²) in [6, 6.07) is 14.5. The third-order valence-electron chi connectivity index (χ3n) is 5.47. The number of hydrogen-bond donors (Lipinski definition) is 1. The van der Waals surface area contributed by atoms with Gasteiger partial charge in [0.15, 0.2) is 5.65 Å². The van der Waals surface area contributed by atoms with Crippen molar-refractivity contribution >= 4 is 22.4 Å². The van der Waals surface area contributed by atoms with E-state index in [0.717, 1.165) is 65.9 Å². The molecule has 0 spiro atoms. The molecule has 29 heavy (non-hydrogen) atoms. The predicted molar refractivity (Wildman–Crippen MR) is 112 cm³/mol. The summed E-state index contributed by atoms with van der Waals surface area (Å²) >= 11 is 0. The van der Waals surface area contributed by atoms with E-state index >= 15 is 0 Å². The second-order valence-electron chi connectivity index (χ2n) is 7.53. The normalized spacial score (nSPS) is 16.5. The maximum absolute atomic E-state index is 5.99. The first-order valence-electron chi connectivity index (χ1n) is 10.1. The molecule has 0 saturated carbocycles. The van der Waals surface area contributed by atoms with E-state index in [9.17, 15) is 0 Å². The number of nitrogens with one attached hydrogen (secondary N) is 1. The zero-order chi connectivity index (χ0) is 19.8. The van der Waals surface area contributed by atoms with Gasteiger partial charge in [0.25, 0.3) is 0 Å². The number of fused-ring (bicyclic) bond motifs is 3. The maximum Gasteiger partial charge on any atom is 0.158 e. The molecule has 4 aromatic rings. The Bertz CT molecular complexity index is 1140. The van der Waals surface area contributed by atoms with Gasteiger partial charge in [-0.1, -0.05) is 12.1 Å². The molecule has 1 fully saturated rings. The highest BCUT2D eigenvalue weighted by atomic mass is 16.5. The predicted octanol–water partition coefficient (Wildman–Crippen LogP) is 3.58. The third-order valence-corrected chi connectivity index (χ3v) is 5.47. The molecule has 3 aromatic heterocycles. The van der Waals surface area contributed by atoms with Crippen molar-refractivity contribution in [2.24, 2.45) is 0 Å².